The summed E-state index contributed by atoms with van der Waals surface area (Å²) in [5.41, 5.74) is 0. The van der Waals surface area contributed by atoms with Crippen LogP contribution in [0.4, 0.5) is 0 Å². The maximum atomic E-state index is 11.4. The first-order chi connectivity index (χ1) is 6.11. The molecule has 0 saturated heterocycles. The second kappa shape index (κ2) is 7.19. The van der Waals surface area contributed by atoms with E-state index in [4.69, 9.17) is 11.6 Å². The number of amides is 1. The fourth-order valence-corrected chi connectivity index (χ4v) is 1.18. The van der Waals surface area contributed by atoms with Crippen molar-refractivity contribution in [3.05, 3.63) is 0 Å². The van der Waals surface area contributed by atoms with E-state index in [9.17, 15) is 4.79 Å². The molecule has 0 aliphatic rings. The predicted octanol–water partition coefficient (Wildman–Crippen LogP) is 2.56. The average molecular weight is 206 g/mol. The van der Waals surface area contributed by atoms with Crippen molar-refractivity contribution in [3.63, 3.8) is 0 Å². The lowest BCUT2D eigenvalue weighted by Crippen LogP contribution is -2.36. The van der Waals surface area contributed by atoms with Crippen molar-refractivity contribution in [1.29, 1.82) is 0 Å². The smallest absolute Gasteiger partial charge is 0.223 e. The Morgan fingerprint density at radius 1 is 1.46 bits per heavy atom. The summed E-state index contributed by atoms with van der Waals surface area (Å²) in [6.07, 6.45) is 2.82. The quantitative estimate of drug-likeness (QED) is 0.664. The Morgan fingerprint density at radius 3 is 2.54 bits per heavy atom. The molecule has 1 N–H and O–H groups in total. The monoisotopic (exact) mass is 205 g/mol. The number of hydrogen-bond acceptors (Lipinski definition) is 1. The predicted molar refractivity (Wildman–Crippen MR) is 57.0 cm³/mol. The van der Waals surface area contributed by atoms with E-state index in [0.717, 1.165) is 19.3 Å². The normalized spacial score (nSPS) is 15.1. The van der Waals surface area contributed by atoms with Crippen molar-refractivity contribution in [2.24, 2.45) is 5.92 Å². The molecular formula is C10H20ClNO. The van der Waals surface area contributed by atoms with Crippen LogP contribution in [-0.2, 0) is 4.79 Å². The summed E-state index contributed by atoms with van der Waals surface area (Å²) in [5.74, 6) is 0.951. The molecule has 13 heavy (non-hydrogen) atoms. The van der Waals surface area contributed by atoms with Crippen LogP contribution in [0.5, 0.6) is 0 Å². The highest BCUT2D eigenvalue weighted by atomic mass is 35.5. The molecule has 0 aromatic carbocycles. The summed E-state index contributed by atoms with van der Waals surface area (Å²) in [7, 11) is 0. The number of carbonyl (C=O) groups excluding carboxylic acids is 1. The zero-order valence-corrected chi connectivity index (χ0v) is 9.53. The lowest BCUT2D eigenvalue weighted by Gasteiger charge is -2.15. The van der Waals surface area contributed by atoms with Crippen LogP contribution in [0.3, 0.4) is 0 Å². The Morgan fingerprint density at radius 2 is 2.08 bits per heavy atom. The van der Waals surface area contributed by atoms with Gasteiger partial charge in [0.15, 0.2) is 0 Å². The minimum atomic E-state index is 0.124. The maximum absolute atomic E-state index is 11.4. The third-order valence-electron chi connectivity index (χ3n) is 2.22. The molecular weight excluding hydrogens is 186 g/mol. The van der Waals surface area contributed by atoms with Gasteiger partial charge in [0.2, 0.25) is 5.91 Å². The molecule has 0 radical (unpaired) electrons. The van der Waals surface area contributed by atoms with Crippen molar-refractivity contribution >= 4 is 17.5 Å². The number of carbonyl (C=O) groups is 1. The van der Waals surface area contributed by atoms with Gasteiger partial charge in [-0.15, -0.1) is 11.6 Å². The van der Waals surface area contributed by atoms with Gasteiger partial charge in [-0.1, -0.05) is 13.8 Å². The fraction of sp³-hybridized carbons (Fsp3) is 0.900. The molecule has 3 heteroatoms. The molecule has 78 valence electrons. The highest BCUT2D eigenvalue weighted by Gasteiger charge is 2.12. The first-order valence-electron chi connectivity index (χ1n) is 4.98. The van der Waals surface area contributed by atoms with Crippen molar-refractivity contribution in [2.45, 2.75) is 46.1 Å². The van der Waals surface area contributed by atoms with Gasteiger partial charge in [-0.3, -0.25) is 4.79 Å². The summed E-state index contributed by atoms with van der Waals surface area (Å²) in [6, 6.07) is 0.250. The summed E-state index contributed by atoms with van der Waals surface area (Å²) < 4.78 is 0. The van der Waals surface area contributed by atoms with E-state index in [2.05, 4.69) is 5.32 Å². The second-order valence-corrected chi connectivity index (χ2v) is 3.93. The lowest BCUT2D eigenvalue weighted by molar-refractivity contribution is -0.125. The molecule has 0 spiro atoms. The van der Waals surface area contributed by atoms with Crippen LogP contribution in [0, 0.1) is 5.92 Å². The van der Waals surface area contributed by atoms with E-state index in [0.29, 0.717) is 5.88 Å². The van der Waals surface area contributed by atoms with Gasteiger partial charge < -0.3 is 5.32 Å². The molecule has 1 amide bonds. The summed E-state index contributed by atoms with van der Waals surface area (Å²) in [6.45, 7) is 5.99. The van der Waals surface area contributed by atoms with Crippen LogP contribution in [0.15, 0.2) is 0 Å². The Labute approximate surface area is 86.0 Å². The highest BCUT2D eigenvalue weighted by Crippen LogP contribution is 2.03. The molecule has 0 bridgehead atoms. The number of nitrogens with one attached hydrogen (secondary N) is 1. The number of halogens is 1. The van der Waals surface area contributed by atoms with Gasteiger partial charge in [-0.2, -0.15) is 0 Å². The Kier molecular flexibility index (Phi) is 7.06. The largest absolute Gasteiger partial charge is 0.353 e. The van der Waals surface area contributed by atoms with Gasteiger partial charge in [0.25, 0.3) is 0 Å². The van der Waals surface area contributed by atoms with E-state index in [1.54, 1.807) is 0 Å². The summed E-state index contributed by atoms with van der Waals surface area (Å²) >= 11 is 5.56. The van der Waals surface area contributed by atoms with Crippen LogP contribution in [0.2, 0.25) is 0 Å². The number of alkyl halides is 1. The summed E-state index contributed by atoms with van der Waals surface area (Å²) in [5, 5.41) is 2.97. The standard InChI is InChI=1S/C10H20ClNO/c1-4-8(2)10(13)12-9(3)6-5-7-11/h8-9H,4-7H2,1-3H3,(H,12,13). The zero-order valence-electron chi connectivity index (χ0n) is 8.77. The third-order valence-corrected chi connectivity index (χ3v) is 2.49. The van der Waals surface area contributed by atoms with Crippen molar-refractivity contribution < 1.29 is 4.79 Å². The zero-order chi connectivity index (χ0) is 10.3. The molecule has 0 heterocycles. The van der Waals surface area contributed by atoms with E-state index in [1.165, 1.54) is 0 Å². The highest BCUT2D eigenvalue weighted by molar-refractivity contribution is 6.17. The summed E-state index contributed by atoms with van der Waals surface area (Å²) in [4.78, 5) is 11.4. The molecule has 2 nitrogen and oxygen atoms in total. The Bertz CT molecular complexity index is 150. The molecule has 0 aliphatic carbocycles. The molecule has 0 aliphatic heterocycles. The molecule has 0 aromatic heterocycles. The van der Waals surface area contributed by atoms with Gasteiger partial charge in [-0.05, 0) is 26.2 Å². The lowest BCUT2D eigenvalue weighted by atomic mass is 10.1. The topological polar surface area (TPSA) is 29.1 Å². The number of rotatable bonds is 6. The second-order valence-electron chi connectivity index (χ2n) is 3.55. The van der Waals surface area contributed by atoms with Crippen molar-refractivity contribution in [1.82, 2.24) is 5.32 Å². The molecule has 2 unspecified atom stereocenters. The minimum absolute atomic E-state index is 0.124. The van der Waals surface area contributed by atoms with Gasteiger partial charge in [0, 0.05) is 17.8 Å². The average Bonchev–Trinajstić information content (AvgIpc) is 2.13. The molecule has 0 fully saturated rings. The van der Waals surface area contributed by atoms with Crippen LogP contribution >= 0.6 is 11.6 Å². The van der Waals surface area contributed by atoms with Gasteiger partial charge >= 0.3 is 0 Å². The Hall–Kier alpha value is -0.240. The van der Waals surface area contributed by atoms with Crippen molar-refractivity contribution in [3.8, 4) is 0 Å². The van der Waals surface area contributed by atoms with Crippen molar-refractivity contribution in [2.75, 3.05) is 5.88 Å². The molecule has 2 atom stereocenters. The molecule has 0 aromatic rings. The van der Waals surface area contributed by atoms with E-state index in [1.807, 2.05) is 20.8 Å². The van der Waals surface area contributed by atoms with Crippen LogP contribution in [0.25, 0.3) is 0 Å². The van der Waals surface area contributed by atoms with E-state index in [-0.39, 0.29) is 17.9 Å². The maximum Gasteiger partial charge on any atom is 0.223 e. The van der Waals surface area contributed by atoms with E-state index >= 15 is 0 Å². The van der Waals surface area contributed by atoms with E-state index < -0.39 is 0 Å². The van der Waals surface area contributed by atoms with Gasteiger partial charge in [0.1, 0.15) is 0 Å². The molecule has 0 rings (SSSR count). The molecule has 0 saturated carbocycles. The third kappa shape index (κ3) is 5.92. The SMILES string of the molecule is CCC(C)C(=O)NC(C)CCCCl. The number of hydrogen-bond donors (Lipinski definition) is 1. The van der Waals surface area contributed by atoms with Crippen LogP contribution < -0.4 is 5.32 Å². The van der Waals surface area contributed by atoms with Gasteiger partial charge in [-0.25, -0.2) is 0 Å². The first kappa shape index (κ1) is 12.8. The Balaban J connectivity index is 3.64. The minimum Gasteiger partial charge on any atom is -0.353 e. The van der Waals surface area contributed by atoms with Crippen LogP contribution in [-0.4, -0.2) is 17.8 Å². The fourth-order valence-electron chi connectivity index (χ4n) is 1.03. The van der Waals surface area contributed by atoms with Gasteiger partial charge in [0.05, 0.1) is 0 Å². The van der Waals surface area contributed by atoms with Crippen LogP contribution in [0.1, 0.15) is 40.0 Å². The first-order valence-corrected chi connectivity index (χ1v) is 5.51.